The zero-order valence-corrected chi connectivity index (χ0v) is 23.9. The van der Waals surface area contributed by atoms with Crippen LogP contribution in [0.4, 0.5) is 22.0 Å². The van der Waals surface area contributed by atoms with Crippen LogP contribution in [0.2, 0.25) is 0 Å². The van der Waals surface area contributed by atoms with Crippen LogP contribution < -0.4 is 21.3 Å². The van der Waals surface area contributed by atoms with Crippen molar-refractivity contribution in [3.8, 4) is 16.9 Å². The molecule has 3 aromatic carbocycles. The highest BCUT2D eigenvalue weighted by atomic mass is 19.4. The molecule has 4 rings (SSSR count). The molecule has 0 fully saturated rings. The van der Waals surface area contributed by atoms with Crippen LogP contribution >= 0.6 is 0 Å². The molecule has 0 amide bonds. The van der Waals surface area contributed by atoms with Crippen LogP contribution in [0.3, 0.4) is 0 Å². The largest absolute Gasteiger partial charge is 0.494 e. The smallest absolute Gasteiger partial charge is 0.416 e. The molecule has 8 nitrogen and oxygen atoms in total. The topological polar surface area (TPSA) is 103 Å². The van der Waals surface area contributed by atoms with Gasteiger partial charge in [0, 0.05) is 27.3 Å². The minimum atomic E-state index is -5.02. The maximum atomic E-state index is 15.6. The third-order valence-corrected chi connectivity index (χ3v) is 7.08. The summed E-state index contributed by atoms with van der Waals surface area (Å²) >= 11 is 0. The summed E-state index contributed by atoms with van der Waals surface area (Å²) in [6, 6.07) is 12.8. The Morgan fingerprint density at radius 1 is 1.02 bits per heavy atom. The van der Waals surface area contributed by atoms with Crippen molar-refractivity contribution in [1.29, 1.82) is 0 Å². The summed E-state index contributed by atoms with van der Waals surface area (Å²) in [6.45, 7) is -2.20. The lowest BCUT2D eigenvalue weighted by atomic mass is 10.0. The monoisotopic (exact) mass is 634 g/mol. The number of aliphatic carboxylic acids is 1. The van der Waals surface area contributed by atoms with Crippen molar-refractivity contribution in [2.75, 3.05) is 13.6 Å². The lowest BCUT2D eigenvalue weighted by Gasteiger charge is -2.23. The van der Waals surface area contributed by atoms with Crippen molar-refractivity contribution in [3.63, 3.8) is 0 Å². The van der Waals surface area contributed by atoms with Gasteiger partial charge >= 0.3 is 17.8 Å². The molecule has 0 spiro atoms. The van der Waals surface area contributed by atoms with Crippen molar-refractivity contribution in [2.45, 2.75) is 45.0 Å². The third kappa shape index (κ3) is 7.31. The fourth-order valence-corrected chi connectivity index (χ4v) is 4.89. The van der Waals surface area contributed by atoms with Gasteiger partial charge in [0.2, 0.25) is 0 Å². The van der Waals surface area contributed by atoms with E-state index >= 15 is 8.78 Å². The van der Waals surface area contributed by atoms with E-state index in [4.69, 9.17) is 8.85 Å². The van der Waals surface area contributed by atoms with E-state index in [9.17, 15) is 32.7 Å². The van der Waals surface area contributed by atoms with Gasteiger partial charge in [0.15, 0.2) is 11.6 Å². The molecule has 0 aliphatic heterocycles. The molecular weight excluding hydrogens is 601 g/mol. The second kappa shape index (κ2) is 13.9. The molecule has 2 N–H and O–H groups in total. The minimum absolute atomic E-state index is 0.280. The first-order valence-corrected chi connectivity index (χ1v) is 13.4. The van der Waals surface area contributed by atoms with Gasteiger partial charge in [-0.1, -0.05) is 48.5 Å². The van der Waals surface area contributed by atoms with Crippen LogP contribution in [-0.4, -0.2) is 33.8 Å². The molecule has 238 valence electrons. The molecule has 0 aliphatic rings. The van der Waals surface area contributed by atoms with Gasteiger partial charge in [-0.15, -0.1) is 0 Å². The molecule has 45 heavy (non-hydrogen) atoms. The first-order chi connectivity index (χ1) is 22.6. The molecule has 0 saturated carbocycles. The number of carboxylic acid groups (broad SMARTS) is 1. The van der Waals surface area contributed by atoms with Gasteiger partial charge in [0.25, 0.3) is 5.56 Å². The summed E-state index contributed by atoms with van der Waals surface area (Å²) in [5.74, 6) is -4.24. The highest BCUT2D eigenvalue weighted by molar-refractivity contribution is 5.68. The standard InChI is InChI=1S/C32H30F5N3O5/c1-19-28(21-11-6-14-26(45-2)29(21)34)30(43)40(18-25(20-9-4-3-5-10-20)38-16-8-15-27(41)42)31(44)39(19)17-22-23(32(35,36)37)12-7-13-24(22)33/h3-7,9-14,25,38H,8,15-18H2,1-2H3,(H,41,42)/t25-/m0/s1/i8D,15D,16D/t8?,15?,16?,25-. The number of hydrogen-bond acceptors (Lipinski definition) is 5. The maximum absolute atomic E-state index is 15.6. The molecule has 0 saturated heterocycles. The summed E-state index contributed by atoms with van der Waals surface area (Å²) < 4.78 is 103. The van der Waals surface area contributed by atoms with E-state index in [1.165, 1.54) is 44.4 Å². The Kier molecular flexibility index (Phi) is 8.94. The summed E-state index contributed by atoms with van der Waals surface area (Å²) in [5.41, 5.74) is -5.30. The molecule has 1 aromatic heterocycles. The lowest BCUT2D eigenvalue weighted by molar-refractivity contribution is -0.138. The first kappa shape index (κ1) is 29.0. The van der Waals surface area contributed by atoms with Crippen LogP contribution in [0.25, 0.3) is 11.1 Å². The number of aromatic nitrogens is 2. The van der Waals surface area contributed by atoms with Crippen LogP contribution in [0, 0.1) is 18.6 Å². The van der Waals surface area contributed by atoms with Crippen LogP contribution in [0.15, 0.2) is 76.3 Å². The Morgan fingerprint density at radius 3 is 2.36 bits per heavy atom. The van der Waals surface area contributed by atoms with Crippen LogP contribution in [-0.2, 0) is 24.1 Å². The van der Waals surface area contributed by atoms with E-state index in [-0.39, 0.29) is 17.0 Å². The van der Waals surface area contributed by atoms with E-state index in [1.54, 1.807) is 18.2 Å². The van der Waals surface area contributed by atoms with E-state index in [0.717, 1.165) is 12.1 Å². The second-order valence-corrected chi connectivity index (χ2v) is 9.82. The van der Waals surface area contributed by atoms with Gasteiger partial charge in [0.05, 0.1) is 37.4 Å². The van der Waals surface area contributed by atoms with Gasteiger partial charge in [-0.05, 0) is 43.6 Å². The minimum Gasteiger partial charge on any atom is -0.494 e. The highest BCUT2D eigenvalue weighted by Gasteiger charge is 2.35. The highest BCUT2D eigenvalue weighted by Crippen LogP contribution is 2.34. The maximum Gasteiger partial charge on any atom is 0.416 e. The average molecular weight is 635 g/mol. The molecular formula is C32H30F5N3O5. The van der Waals surface area contributed by atoms with E-state index in [0.29, 0.717) is 20.8 Å². The Bertz CT molecular complexity index is 1920. The van der Waals surface area contributed by atoms with Gasteiger partial charge in [-0.3, -0.25) is 18.7 Å². The number of halogens is 5. The zero-order chi connectivity index (χ0) is 35.5. The zero-order valence-electron chi connectivity index (χ0n) is 26.9. The molecule has 0 radical (unpaired) electrons. The van der Waals surface area contributed by atoms with Crippen molar-refractivity contribution in [1.82, 2.24) is 14.5 Å². The fourth-order valence-electron chi connectivity index (χ4n) is 4.89. The van der Waals surface area contributed by atoms with Crippen molar-refractivity contribution in [3.05, 3.63) is 122 Å². The van der Waals surface area contributed by atoms with Gasteiger partial charge in [-0.2, -0.15) is 13.2 Å². The molecule has 3 unspecified atom stereocenters. The number of hydrogen-bond donors (Lipinski definition) is 2. The Labute approximate surface area is 258 Å². The van der Waals surface area contributed by atoms with Crippen molar-refractivity contribution < 1.29 is 40.7 Å². The Morgan fingerprint density at radius 2 is 1.71 bits per heavy atom. The number of rotatable bonds is 12. The first-order valence-electron chi connectivity index (χ1n) is 15.1. The molecule has 1 heterocycles. The summed E-state index contributed by atoms with van der Waals surface area (Å²) in [4.78, 5) is 39.5. The van der Waals surface area contributed by atoms with E-state index in [2.05, 4.69) is 5.32 Å². The number of benzene rings is 3. The van der Waals surface area contributed by atoms with Crippen LogP contribution in [0.1, 0.15) is 45.3 Å². The third-order valence-electron chi connectivity index (χ3n) is 7.08. The molecule has 4 aromatic rings. The van der Waals surface area contributed by atoms with E-state index in [1.807, 2.05) is 0 Å². The number of carboxylic acids is 1. The number of alkyl halides is 3. The lowest BCUT2D eigenvalue weighted by Crippen LogP contribution is -2.45. The molecule has 0 aliphatic carbocycles. The number of methoxy groups -OCH3 is 1. The predicted molar refractivity (Wildman–Crippen MR) is 156 cm³/mol. The predicted octanol–water partition coefficient (Wildman–Crippen LogP) is 5.54. The Balaban J connectivity index is 1.98. The second-order valence-electron chi connectivity index (χ2n) is 9.82. The van der Waals surface area contributed by atoms with Gasteiger partial charge in [0.1, 0.15) is 5.82 Å². The number of nitrogens with zero attached hydrogens (tertiary/aromatic N) is 2. The summed E-state index contributed by atoms with van der Waals surface area (Å²) in [7, 11) is 1.17. The fraction of sp³-hybridized carbons (Fsp3) is 0.281. The number of carbonyl (C=O) groups is 1. The van der Waals surface area contributed by atoms with Gasteiger partial charge < -0.3 is 15.2 Å². The SMILES string of the molecule is [2H]C(N[C@@H](Cn1c(=O)c(-c2cccc(OC)c2F)c(C)n(Cc2c(F)cccc2C(F)(F)F)c1=O)c1ccccc1)C([2H])C([2H])C(=O)O. The Hall–Kier alpha value is -4.78. The summed E-state index contributed by atoms with van der Waals surface area (Å²) in [6.07, 6.45) is -8.87. The summed E-state index contributed by atoms with van der Waals surface area (Å²) in [5, 5.41) is 11.8. The number of ether oxygens (including phenoxy) is 1. The van der Waals surface area contributed by atoms with Crippen LogP contribution in [0.5, 0.6) is 5.75 Å². The van der Waals surface area contributed by atoms with E-state index < -0.39 is 90.2 Å². The van der Waals surface area contributed by atoms with Crippen molar-refractivity contribution >= 4 is 5.97 Å². The van der Waals surface area contributed by atoms with Crippen molar-refractivity contribution in [2.24, 2.45) is 0 Å². The normalized spacial score (nSPS) is 15.3. The molecule has 13 heteroatoms. The average Bonchev–Trinajstić information content (AvgIpc) is 3.04. The number of nitrogens with one attached hydrogen (secondary N) is 1. The quantitative estimate of drug-likeness (QED) is 0.199. The molecule has 4 atom stereocenters. The van der Waals surface area contributed by atoms with Gasteiger partial charge in [-0.25, -0.2) is 13.6 Å². The molecule has 0 bridgehead atoms.